The van der Waals surface area contributed by atoms with Crippen molar-refractivity contribution in [2.45, 2.75) is 0 Å². The summed E-state index contributed by atoms with van der Waals surface area (Å²) in [5, 5.41) is 0.537. The lowest BCUT2D eigenvalue weighted by molar-refractivity contribution is 1.33. The Morgan fingerprint density at radius 2 is 2.17 bits per heavy atom. The largest absolute Gasteiger partial charge is 0.328 e. The van der Waals surface area contributed by atoms with Crippen LogP contribution in [0.1, 0.15) is 0 Å². The molecule has 12 heavy (non-hydrogen) atoms. The smallest absolute Gasteiger partial charge is 0.148 e. The number of H-pyrrole nitrogens is 1. The molecule has 2 rings (SSSR count). The van der Waals surface area contributed by atoms with Gasteiger partial charge in [-0.25, -0.2) is 4.98 Å². The summed E-state index contributed by atoms with van der Waals surface area (Å²) in [4.78, 5) is 7.97. The van der Waals surface area contributed by atoms with Gasteiger partial charge in [-0.3, -0.25) is 0 Å². The van der Waals surface area contributed by atoms with E-state index in [9.17, 15) is 0 Å². The Balaban J connectivity index is 2.43. The van der Waals surface area contributed by atoms with Crippen LogP contribution in [0.15, 0.2) is 18.3 Å². The first-order chi connectivity index (χ1) is 5.75. The van der Waals surface area contributed by atoms with Gasteiger partial charge in [-0.1, -0.05) is 23.2 Å². The molecule has 0 spiro atoms. The molecule has 2 nitrogen and oxygen atoms in total. The molecule has 5 heteroatoms. The van der Waals surface area contributed by atoms with E-state index in [0.717, 1.165) is 15.0 Å². The van der Waals surface area contributed by atoms with Crippen molar-refractivity contribution in [2.24, 2.45) is 0 Å². The third-order valence-corrected chi connectivity index (χ3v) is 2.78. The van der Waals surface area contributed by atoms with Crippen LogP contribution in [0.2, 0.25) is 9.49 Å². The second kappa shape index (κ2) is 3.09. The number of halogens is 2. The summed E-state index contributed by atoms with van der Waals surface area (Å²) in [5.74, 6) is 0.761. The van der Waals surface area contributed by atoms with Crippen molar-refractivity contribution in [3.8, 4) is 10.7 Å². The zero-order valence-corrected chi connectivity index (χ0v) is 8.17. The van der Waals surface area contributed by atoms with E-state index in [1.807, 2.05) is 12.1 Å². The fourth-order valence-corrected chi connectivity index (χ4v) is 2.00. The standard InChI is InChI=1S/C7H4Cl2N2S/c8-5-3-10-7(11-5)4-1-2-6(9)12-4/h1-3H,(H,10,11). The molecule has 2 aromatic rings. The zero-order valence-electron chi connectivity index (χ0n) is 5.84. The third kappa shape index (κ3) is 1.48. The van der Waals surface area contributed by atoms with Crippen LogP contribution in [-0.2, 0) is 0 Å². The van der Waals surface area contributed by atoms with Crippen molar-refractivity contribution in [3.05, 3.63) is 27.8 Å². The fraction of sp³-hybridized carbons (Fsp3) is 0. The molecule has 2 aromatic heterocycles. The summed E-state index contributed by atoms with van der Waals surface area (Å²) in [7, 11) is 0. The highest BCUT2D eigenvalue weighted by atomic mass is 35.5. The number of rotatable bonds is 1. The highest BCUT2D eigenvalue weighted by molar-refractivity contribution is 7.19. The number of thiophene rings is 1. The molecule has 0 radical (unpaired) electrons. The summed E-state index contributed by atoms with van der Waals surface area (Å²) in [5.41, 5.74) is 0. The van der Waals surface area contributed by atoms with Gasteiger partial charge in [0, 0.05) is 0 Å². The molecule has 0 aliphatic carbocycles. The van der Waals surface area contributed by atoms with Gasteiger partial charge in [0.15, 0.2) is 0 Å². The Morgan fingerprint density at radius 1 is 1.33 bits per heavy atom. The summed E-state index contributed by atoms with van der Waals surface area (Å²) in [6.45, 7) is 0. The minimum absolute atomic E-state index is 0.537. The maximum Gasteiger partial charge on any atom is 0.148 e. The van der Waals surface area contributed by atoms with E-state index in [1.54, 1.807) is 6.20 Å². The van der Waals surface area contributed by atoms with Crippen LogP contribution in [0.5, 0.6) is 0 Å². The van der Waals surface area contributed by atoms with Gasteiger partial charge in [-0.05, 0) is 12.1 Å². The van der Waals surface area contributed by atoms with Gasteiger partial charge in [0.2, 0.25) is 0 Å². The Morgan fingerprint density at radius 3 is 2.67 bits per heavy atom. The van der Waals surface area contributed by atoms with Gasteiger partial charge in [-0.2, -0.15) is 0 Å². The molecule has 0 atom stereocenters. The van der Waals surface area contributed by atoms with Crippen LogP contribution in [0.3, 0.4) is 0 Å². The van der Waals surface area contributed by atoms with E-state index in [1.165, 1.54) is 11.3 Å². The normalized spacial score (nSPS) is 10.5. The van der Waals surface area contributed by atoms with Crippen LogP contribution in [0, 0.1) is 0 Å². The predicted molar refractivity (Wildman–Crippen MR) is 51.9 cm³/mol. The van der Waals surface area contributed by atoms with Crippen molar-refractivity contribution in [1.29, 1.82) is 0 Å². The lowest BCUT2D eigenvalue weighted by atomic mass is 10.4. The van der Waals surface area contributed by atoms with Gasteiger partial charge in [0.05, 0.1) is 15.4 Å². The molecular formula is C7H4Cl2N2S. The first-order valence-electron chi connectivity index (χ1n) is 3.22. The second-order valence-electron chi connectivity index (χ2n) is 2.18. The van der Waals surface area contributed by atoms with E-state index < -0.39 is 0 Å². The van der Waals surface area contributed by atoms with Crippen molar-refractivity contribution in [2.75, 3.05) is 0 Å². The number of aromatic nitrogens is 2. The molecule has 0 aliphatic rings. The number of nitrogens with one attached hydrogen (secondary N) is 1. The second-order valence-corrected chi connectivity index (χ2v) is 4.31. The highest BCUT2D eigenvalue weighted by Gasteiger charge is 2.04. The Kier molecular flexibility index (Phi) is 2.09. The van der Waals surface area contributed by atoms with Crippen molar-refractivity contribution < 1.29 is 0 Å². The van der Waals surface area contributed by atoms with Gasteiger partial charge < -0.3 is 4.98 Å². The Labute approximate surface area is 83.2 Å². The Bertz CT molecular complexity index is 355. The van der Waals surface area contributed by atoms with E-state index in [4.69, 9.17) is 23.2 Å². The quantitative estimate of drug-likeness (QED) is 0.781. The highest BCUT2D eigenvalue weighted by Crippen LogP contribution is 2.29. The van der Waals surface area contributed by atoms with Gasteiger partial charge in [0.1, 0.15) is 11.0 Å². The molecule has 62 valence electrons. The van der Waals surface area contributed by atoms with Crippen molar-refractivity contribution in [3.63, 3.8) is 0 Å². The van der Waals surface area contributed by atoms with E-state index in [-0.39, 0.29) is 0 Å². The third-order valence-electron chi connectivity index (χ3n) is 1.35. The molecule has 0 saturated heterocycles. The van der Waals surface area contributed by atoms with Crippen LogP contribution >= 0.6 is 34.5 Å². The van der Waals surface area contributed by atoms with Crippen molar-refractivity contribution >= 4 is 34.5 Å². The SMILES string of the molecule is Clc1cnc(-c2ccc(Cl)s2)[nH]1. The maximum absolute atomic E-state index is 5.76. The first-order valence-corrected chi connectivity index (χ1v) is 4.79. The minimum atomic E-state index is 0.537. The van der Waals surface area contributed by atoms with E-state index in [2.05, 4.69) is 9.97 Å². The molecule has 2 heterocycles. The first kappa shape index (κ1) is 8.10. The molecular weight excluding hydrogens is 215 g/mol. The van der Waals surface area contributed by atoms with Gasteiger partial charge >= 0.3 is 0 Å². The number of aromatic amines is 1. The van der Waals surface area contributed by atoms with Gasteiger partial charge in [0.25, 0.3) is 0 Å². The molecule has 0 fully saturated rings. The predicted octanol–water partition coefficient (Wildman–Crippen LogP) is 3.45. The molecule has 0 amide bonds. The van der Waals surface area contributed by atoms with Crippen LogP contribution in [0.4, 0.5) is 0 Å². The Hall–Kier alpha value is -0.510. The average molecular weight is 219 g/mol. The molecule has 0 bridgehead atoms. The lowest BCUT2D eigenvalue weighted by Crippen LogP contribution is -1.71. The topological polar surface area (TPSA) is 28.7 Å². The molecule has 0 unspecified atom stereocenters. The number of hydrogen-bond donors (Lipinski definition) is 1. The number of nitrogens with zero attached hydrogens (tertiary/aromatic N) is 1. The zero-order chi connectivity index (χ0) is 8.55. The monoisotopic (exact) mass is 218 g/mol. The van der Waals surface area contributed by atoms with Crippen LogP contribution in [0.25, 0.3) is 10.7 Å². The van der Waals surface area contributed by atoms with Gasteiger partial charge in [-0.15, -0.1) is 11.3 Å². The molecule has 0 aliphatic heterocycles. The maximum atomic E-state index is 5.76. The summed E-state index contributed by atoms with van der Waals surface area (Å²) < 4.78 is 0.748. The van der Waals surface area contributed by atoms with Crippen LogP contribution in [-0.4, -0.2) is 9.97 Å². The molecule has 0 aromatic carbocycles. The van der Waals surface area contributed by atoms with Crippen LogP contribution < -0.4 is 0 Å². The van der Waals surface area contributed by atoms with E-state index >= 15 is 0 Å². The number of imidazole rings is 1. The average Bonchev–Trinajstić information content (AvgIpc) is 2.58. The number of hydrogen-bond acceptors (Lipinski definition) is 2. The fourth-order valence-electron chi connectivity index (χ4n) is 0.866. The van der Waals surface area contributed by atoms with E-state index in [0.29, 0.717) is 5.15 Å². The summed E-state index contributed by atoms with van der Waals surface area (Å²) in [6, 6.07) is 3.74. The lowest BCUT2D eigenvalue weighted by Gasteiger charge is -1.86. The summed E-state index contributed by atoms with van der Waals surface area (Å²) in [6.07, 6.45) is 1.57. The minimum Gasteiger partial charge on any atom is -0.328 e. The summed E-state index contributed by atoms with van der Waals surface area (Å²) >= 11 is 12.9. The van der Waals surface area contributed by atoms with Crippen molar-refractivity contribution in [1.82, 2.24) is 9.97 Å². The molecule has 1 N–H and O–H groups in total. The molecule has 0 saturated carbocycles.